The molecule has 0 saturated heterocycles. The van der Waals surface area contributed by atoms with Crippen LogP contribution in [0.1, 0.15) is 0 Å². The smallest absolute Gasteiger partial charge is 0.254 e. The summed E-state index contributed by atoms with van der Waals surface area (Å²) in [6.45, 7) is 0. The monoisotopic (exact) mass is 207 g/mol. The third-order valence-electron chi connectivity index (χ3n) is 0. The molecule has 0 unspecified atom stereocenters. The van der Waals surface area contributed by atoms with Crippen LogP contribution in [-0.4, -0.2) is 7.54 Å². The molecule has 0 heterocycles. The Hall–Kier alpha value is 1.05. The van der Waals surface area contributed by atoms with Crippen molar-refractivity contribution < 1.29 is 48.5 Å². The summed E-state index contributed by atoms with van der Waals surface area (Å²) in [6, 6.07) is 0. The van der Waals surface area contributed by atoms with E-state index in [9.17, 15) is 12.9 Å². The Balaban J connectivity index is 0. The minimum Gasteiger partial charge on any atom is -0.254 e. The van der Waals surface area contributed by atoms with Crippen molar-refractivity contribution in [2.75, 3.05) is 0 Å². The fraction of sp³-hybridized carbons (Fsp3) is 0. The van der Waals surface area contributed by atoms with Crippen molar-refractivity contribution in [1.82, 2.24) is 0 Å². The largest absolute Gasteiger partial charge is 0.762 e. The van der Waals surface area contributed by atoms with Crippen molar-refractivity contribution in [2.45, 2.75) is 0 Å². The molecule has 0 fully saturated rings. The minimum absolute atomic E-state index is 0. The third kappa shape index (κ3) is 42.6. The quantitative estimate of drug-likeness (QED) is 0.517. The van der Waals surface area contributed by atoms with E-state index >= 15 is 0 Å². The summed E-state index contributed by atoms with van der Waals surface area (Å²) < 4.78 is 29.0. The SMILES string of the molecule is FB(F)F.[La]. The number of halogens is 3. The molecule has 27 valence electrons. The van der Waals surface area contributed by atoms with Crippen molar-refractivity contribution in [2.24, 2.45) is 0 Å². The molecule has 0 aromatic carbocycles. The van der Waals surface area contributed by atoms with E-state index in [1.165, 1.54) is 0 Å². The second-order valence-electron chi connectivity index (χ2n) is 0.247. The van der Waals surface area contributed by atoms with E-state index < -0.39 is 7.54 Å². The van der Waals surface area contributed by atoms with Crippen molar-refractivity contribution in [3.8, 4) is 0 Å². The van der Waals surface area contributed by atoms with Gasteiger partial charge in [0.05, 0.1) is 0 Å². The molecule has 1 radical (unpaired) electrons. The Kier molecular flexibility index (Phi) is 9.50. The Morgan fingerprint density at radius 2 is 1.00 bits per heavy atom. The zero-order valence-electron chi connectivity index (χ0n) is 2.29. The predicted molar refractivity (Wildman–Crippen MR) is 9.08 cm³/mol. The van der Waals surface area contributed by atoms with Gasteiger partial charge >= 0.3 is 7.54 Å². The maximum Gasteiger partial charge on any atom is 0.762 e. The standard InChI is InChI=1S/BF3.La/c2-1(3)4;. The molecule has 0 aliphatic heterocycles. The molecule has 0 bridgehead atoms. The van der Waals surface area contributed by atoms with E-state index in [1.807, 2.05) is 0 Å². The molecule has 0 spiro atoms. The normalized spacial score (nSPS) is 5.40. The first kappa shape index (κ1) is 9.41. The van der Waals surface area contributed by atoms with E-state index in [0.717, 1.165) is 0 Å². The predicted octanol–water partition coefficient (Wildman–Crippen LogP) is 0.880. The summed E-state index contributed by atoms with van der Waals surface area (Å²) in [5, 5.41) is 0. The van der Waals surface area contributed by atoms with Gasteiger partial charge in [0.2, 0.25) is 0 Å². The molecular weight excluding hydrogens is 207 g/mol. The Labute approximate surface area is 55.9 Å². The summed E-state index contributed by atoms with van der Waals surface area (Å²) in [4.78, 5) is 0. The van der Waals surface area contributed by atoms with Gasteiger partial charge in [0.25, 0.3) is 0 Å². The molecule has 5 heavy (non-hydrogen) atoms. The maximum atomic E-state index is 9.67. The molecule has 0 saturated carbocycles. The van der Waals surface area contributed by atoms with Gasteiger partial charge in [-0.25, -0.2) is 0 Å². The Bertz CT molecular complexity index is 11.6. The fourth-order valence-corrected chi connectivity index (χ4v) is 0. The van der Waals surface area contributed by atoms with Crippen molar-refractivity contribution in [3.05, 3.63) is 0 Å². The van der Waals surface area contributed by atoms with Crippen LogP contribution in [0.15, 0.2) is 0 Å². The summed E-state index contributed by atoms with van der Waals surface area (Å²) >= 11 is 0. The van der Waals surface area contributed by atoms with Gasteiger partial charge in [-0.3, -0.25) is 12.9 Å². The van der Waals surface area contributed by atoms with Gasteiger partial charge in [0, 0.05) is 35.6 Å². The van der Waals surface area contributed by atoms with Gasteiger partial charge in [-0.1, -0.05) is 0 Å². The molecule has 0 aliphatic rings. The van der Waals surface area contributed by atoms with Crippen LogP contribution in [-0.2, 0) is 0 Å². The van der Waals surface area contributed by atoms with Crippen LogP contribution < -0.4 is 0 Å². The summed E-state index contributed by atoms with van der Waals surface area (Å²) in [5.74, 6) is 0. The number of hydrogen-bond donors (Lipinski definition) is 0. The number of hydrogen-bond acceptors (Lipinski definition) is 0. The van der Waals surface area contributed by atoms with Crippen LogP contribution in [0.3, 0.4) is 0 Å². The van der Waals surface area contributed by atoms with Crippen LogP contribution in [0.4, 0.5) is 12.9 Å². The van der Waals surface area contributed by atoms with Crippen LogP contribution in [0.2, 0.25) is 0 Å². The van der Waals surface area contributed by atoms with Crippen LogP contribution in [0.5, 0.6) is 0 Å². The molecule has 0 N–H and O–H groups in total. The fourth-order valence-electron chi connectivity index (χ4n) is 0. The van der Waals surface area contributed by atoms with Crippen molar-refractivity contribution >= 4 is 7.54 Å². The van der Waals surface area contributed by atoms with Gasteiger partial charge in [-0.05, 0) is 0 Å². The first-order chi connectivity index (χ1) is 1.73. The molecule has 0 atom stereocenters. The van der Waals surface area contributed by atoms with Gasteiger partial charge in [-0.15, -0.1) is 0 Å². The maximum absolute atomic E-state index is 9.67. The van der Waals surface area contributed by atoms with Crippen LogP contribution in [0.25, 0.3) is 0 Å². The Morgan fingerprint density at radius 3 is 1.00 bits per heavy atom. The van der Waals surface area contributed by atoms with Gasteiger partial charge in [0.15, 0.2) is 0 Å². The Morgan fingerprint density at radius 1 is 1.00 bits per heavy atom. The summed E-state index contributed by atoms with van der Waals surface area (Å²) in [7, 11) is -3.67. The first-order valence-corrected chi connectivity index (χ1v) is 0.655. The minimum atomic E-state index is -3.67. The molecule has 0 aromatic heterocycles. The van der Waals surface area contributed by atoms with Gasteiger partial charge in [0.1, 0.15) is 0 Å². The molecule has 0 rings (SSSR count). The van der Waals surface area contributed by atoms with Crippen molar-refractivity contribution in [1.29, 1.82) is 0 Å². The molecule has 5 heteroatoms. The van der Waals surface area contributed by atoms with Crippen molar-refractivity contribution in [3.63, 3.8) is 0 Å². The summed E-state index contributed by atoms with van der Waals surface area (Å²) in [5.41, 5.74) is 0. The van der Waals surface area contributed by atoms with Gasteiger partial charge in [-0.2, -0.15) is 0 Å². The second-order valence-corrected chi connectivity index (χ2v) is 0.247. The number of rotatable bonds is 0. The molecule has 0 amide bonds. The van der Waals surface area contributed by atoms with E-state index in [4.69, 9.17) is 0 Å². The van der Waals surface area contributed by atoms with Crippen LogP contribution >= 0.6 is 0 Å². The average Bonchev–Trinajstić information content (AvgIpc) is 0.811. The zero-order valence-corrected chi connectivity index (χ0v) is 5.91. The van der Waals surface area contributed by atoms with E-state index in [0.29, 0.717) is 0 Å². The average molecular weight is 207 g/mol. The van der Waals surface area contributed by atoms with Crippen LogP contribution in [0, 0.1) is 35.6 Å². The second kappa shape index (κ2) is 5.05. The molecule has 0 nitrogen and oxygen atoms in total. The third-order valence-corrected chi connectivity index (χ3v) is 0. The van der Waals surface area contributed by atoms with E-state index in [-0.39, 0.29) is 35.6 Å². The molecular formula is BF3La. The van der Waals surface area contributed by atoms with E-state index in [2.05, 4.69) is 0 Å². The zero-order chi connectivity index (χ0) is 3.58. The summed E-state index contributed by atoms with van der Waals surface area (Å²) in [6.07, 6.45) is 0. The topological polar surface area (TPSA) is 0 Å². The van der Waals surface area contributed by atoms with Gasteiger partial charge < -0.3 is 0 Å². The van der Waals surface area contributed by atoms with E-state index in [1.54, 1.807) is 0 Å². The molecule has 0 aromatic rings. The first-order valence-electron chi connectivity index (χ1n) is 0.655. The molecule has 0 aliphatic carbocycles.